The Morgan fingerprint density at radius 2 is 2.12 bits per heavy atom. The van der Waals surface area contributed by atoms with Gasteiger partial charge in [0.2, 0.25) is 0 Å². The molecule has 3 unspecified atom stereocenters. The van der Waals surface area contributed by atoms with Crippen molar-refractivity contribution in [3.8, 4) is 0 Å². The Labute approximate surface area is 154 Å². The van der Waals surface area contributed by atoms with Crippen LogP contribution >= 0.6 is 0 Å². The normalized spacial score (nSPS) is 25.5. The number of allylic oxidation sites excluding steroid dienone is 1. The summed E-state index contributed by atoms with van der Waals surface area (Å²) in [5, 5.41) is 2.52. The maximum atomic E-state index is 13.4. The lowest BCUT2D eigenvalue weighted by molar-refractivity contribution is -0.114. The molecule has 2 aliphatic rings. The van der Waals surface area contributed by atoms with Crippen LogP contribution in [0.2, 0.25) is 0 Å². The van der Waals surface area contributed by atoms with Crippen LogP contribution in [-0.2, 0) is 15.7 Å². The molecule has 1 amide bonds. The van der Waals surface area contributed by atoms with E-state index in [1.807, 2.05) is 17.1 Å². The highest BCUT2D eigenvalue weighted by molar-refractivity contribution is 7.85. The molecule has 3 rings (SSSR count). The first-order chi connectivity index (χ1) is 12.3. The number of nitrogens with zero attached hydrogens (tertiary/aromatic N) is 1. The van der Waals surface area contributed by atoms with E-state index in [0.717, 1.165) is 17.7 Å². The minimum absolute atomic E-state index is 0.0785. The van der Waals surface area contributed by atoms with Crippen molar-refractivity contribution in [3.63, 3.8) is 0 Å². The summed E-state index contributed by atoms with van der Waals surface area (Å²) in [6.45, 7) is 4.72. The van der Waals surface area contributed by atoms with Crippen LogP contribution in [0.25, 0.3) is 0 Å². The lowest BCUT2D eigenvalue weighted by atomic mass is 10.0. The van der Waals surface area contributed by atoms with Gasteiger partial charge in [-0.25, -0.2) is 13.5 Å². The summed E-state index contributed by atoms with van der Waals surface area (Å²) in [6.07, 6.45) is 3.92. The van der Waals surface area contributed by atoms with E-state index in [2.05, 4.69) is 23.9 Å². The monoisotopic (exact) mass is 380 g/mol. The predicted molar refractivity (Wildman–Crippen MR) is 99.4 cm³/mol. The number of nitrogens with one attached hydrogen (secondary N) is 3. The Balaban J connectivity index is 1.92. The predicted octanol–water partition coefficient (Wildman–Crippen LogP) is 2.95. The van der Waals surface area contributed by atoms with E-state index in [9.17, 15) is 13.6 Å². The fourth-order valence-electron chi connectivity index (χ4n) is 3.10. The molecule has 26 heavy (non-hydrogen) atoms. The first-order valence-electron chi connectivity index (χ1n) is 8.38. The Bertz CT molecular complexity index is 821. The van der Waals surface area contributed by atoms with E-state index in [1.54, 1.807) is 7.05 Å². The first-order valence-corrected chi connectivity index (χ1v) is 9.67. The Morgan fingerprint density at radius 3 is 2.77 bits per heavy atom. The molecular weight excluding hydrogens is 358 g/mol. The molecular formula is C18H22F2N4OS. The van der Waals surface area contributed by atoms with Gasteiger partial charge in [0.25, 0.3) is 5.91 Å². The SMILES string of the molecule is CC(C)C1C=CC2=C(C(=O)Nc3ccc(F)c(F)c3)N(C)CC2S(=N)N1. The third-order valence-corrected chi connectivity index (χ3v) is 6.08. The average Bonchev–Trinajstić information content (AvgIpc) is 2.82. The van der Waals surface area contributed by atoms with Crippen molar-refractivity contribution in [3.05, 3.63) is 53.3 Å². The highest BCUT2D eigenvalue weighted by atomic mass is 32.2. The van der Waals surface area contributed by atoms with E-state index in [0.29, 0.717) is 18.2 Å². The van der Waals surface area contributed by atoms with Gasteiger partial charge in [-0.15, -0.1) is 0 Å². The minimum atomic E-state index is -1.01. The van der Waals surface area contributed by atoms with Crippen LogP contribution in [0.1, 0.15) is 13.8 Å². The second-order valence-electron chi connectivity index (χ2n) is 6.84. The van der Waals surface area contributed by atoms with E-state index in [4.69, 9.17) is 4.78 Å². The molecule has 0 saturated heterocycles. The van der Waals surface area contributed by atoms with Crippen molar-refractivity contribution in [1.29, 1.82) is 4.78 Å². The van der Waals surface area contributed by atoms with Crippen molar-refractivity contribution in [1.82, 2.24) is 9.62 Å². The van der Waals surface area contributed by atoms with Gasteiger partial charge in [0, 0.05) is 31.4 Å². The Morgan fingerprint density at radius 1 is 1.38 bits per heavy atom. The third-order valence-electron chi connectivity index (χ3n) is 4.58. The molecule has 0 saturated carbocycles. The van der Waals surface area contributed by atoms with Crippen molar-refractivity contribution >= 4 is 22.5 Å². The van der Waals surface area contributed by atoms with Gasteiger partial charge >= 0.3 is 0 Å². The number of carbonyl (C=O) groups is 1. The fraction of sp³-hybridized carbons (Fsp3) is 0.389. The van der Waals surface area contributed by atoms with Crippen LogP contribution in [0.4, 0.5) is 14.5 Å². The molecule has 8 heteroatoms. The number of fused-ring (bicyclic) bond motifs is 1. The number of hydrogen-bond donors (Lipinski definition) is 3. The maximum Gasteiger partial charge on any atom is 0.272 e. The fourth-order valence-corrected chi connectivity index (χ4v) is 4.73. The van der Waals surface area contributed by atoms with Crippen molar-refractivity contribution in [2.24, 2.45) is 5.92 Å². The van der Waals surface area contributed by atoms with Crippen LogP contribution < -0.4 is 10.0 Å². The van der Waals surface area contributed by atoms with Gasteiger partial charge in [-0.3, -0.25) is 9.57 Å². The number of rotatable bonds is 3. The van der Waals surface area contributed by atoms with Gasteiger partial charge in [-0.05, 0) is 34.5 Å². The van der Waals surface area contributed by atoms with Crippen molar-refractivity contribution in [2.45, 2.75) is 25.1 Å². The zero-order valence-electron chi connectivity index (χ0n) is 14.8. The number of amides is 1. The number of benzene rings is 1. The van der Waals surface area contributed by atoms with Gasteiger partial charge in [-0.2, -0.15) is 0 Å². The van der Waals surface area contributed by atoms with E-state index < -0.39 is 22.5 Å². The second-order valence-corrected chi connectivity index (χ2v) is 8.32. The zero-order chi connectivity index (χ0) is 19.0. The van der Waals surface area contributed by atoms with Crippen LogP contribution in [-0.4, -0.2) is 35.7 Å². The van der Waals surface area contributed by atoms with Crippen LogP contribution in [0.3, 0.4) is 0 Å². The van der Waals surface area contributed by atoms with Crippen molar-refractivity contribution < 1.29 is 13.6 Å². The third kappa shape index (κ3) is 3.57. The summed E-state index contributed by atoms with van der Waals surface area (Å²) in [5.74, 6) is -2.02. The van der Waals surface area contributed by atoms with Gasteiger partial charge in [-0.1, -0.05) is 26.0 Å². The van der Waals surface area contributed by atoms with Gasteiger partial charge in [0.05, 0.1) is 5.25 Å². The molecule has 1 aromatic carbocycles. The summed E-state index contributed by atoms with van der Waals surface area (Å²) < 4.78 is 38.2. The molecule has 2 heterocycles. The Hall–Kier alpha value is -2.06. The molecule has 0 aliphatic carbocycles. The highest BCUT2D eigenvalue weighted by Gasteiger charge is 2.36. The molecule has 3 N–H and O–H groups in total. The molecule has 5 nitrogen and oxygen atoms in total. The van der Waals surface area contributed by atoms with E-state index in [1.165, 1.54) is 6.07 Å². The number of anilines is 1. The smallest absolute Gasteiger partial charge is 0.272 e. The van der Waals surface area contributed by atoms with Crippen LogP contribution in [0, 0.1) is 22.3 Å². The molecule has 0 aromatic heterocycles. The lowest BCUT2D eigenvalue weighted by Gasteiger charge is -2.21. The lowest BCUT2D eigenvalue weighted by Crippen LogP contribution is -2.37. The number of hydrogen-bond acceptors (Lipinski definition) is 3. The van der Waals surface area contributed by atoms with Gasteiger partial charge in [0.1, 0.15) is 5.70 Å². The highest BCUT2D eigenvalue weighted by Crippen LogP contribution is 2.30. The quantitative estimate of drug-likeness (QED) is 0.755. The first kappa shape index (κ1) is 18.7. The zero-order valence-corrected chi connectivity index (χ0v) is 15.7. The van der Waals surface area contributed by atoms with E-state index >= 15 is 0 Å². The standard InChI is InChI=1S/C18H22F2N4OS/c1-10(2)15-7-5-12-16(26(21)23-15)9-24(3)17(12)18(25)22-11-4-6-13(19)14(20)8-11/h4-8,10,15-16H,9H2,1-3H3,(H2,21,23)(H,22,25). The van der Waals surface area contributed by atoms with E-state index in [-0.39, 0.29) is 22.9 Å². The number of halogens is 2. The average molecular weight is 380 g/mol. The summed E-state index contributed by atoms with van der Waals surface area (Å²) >= 11 is 0. The molecule has 140 valence electrons. The topological polar surface area (TPSA) is 68.2 Å². The molecule has 1 aromatic rings. The molecule has 2 aliphatic heterocycles. The Kier molecular flexibility index (Phi) is 5.24. The largest absolute Gasteiger partial charge is 0.368 e. The van der Waals surface area contributed by atoms with Crippen molar-refractivity contribution in [2.75, 3.05) is 18.9 Å². The number of likely N-dealkylation sites (N-methyl/N-ethyl adjacent to an activating group) is 1. The van der Waals surface area contributed by atoms with Gasteiger partial charge < -0.3 is 10.2 Å². The molecule has 3 atom stereocenters. The summed E-state index contributed by atoms with van der Waals surface area (Å²) in [6, 6.07) is 3.34. The second kappa shape index (κ2) is 7.28. The number of carbonyl (C=O) groups excluding carboxylic acids is 1. The summed E-state index contributed by atoms with van der Waals surface area (Å²) in [4.78, 5) is 14.6. The van der Waals surface area contributed by atoms with Gasteiger partial charge in [0.15, 0.2) is 11.6 Å². The molecule has 0 spiro atoms. The summed E-state index contributed by atoms with van der Waals surface area (Å²) in [7, 11) is 0.972. The maximum absolute atomic E-state index is 13.4. The van der Waals surface area contributed by atoms with Crippen LogP contribution in [0.5, 0.6) is 0 Å². The minimum Gasteiger partial charge on any atom is -0.368 e. The summed E-state index contributed by atoms with van der Waals surface area (Å²) in [5.41, 5.74) is 1.47. The molecule has 0 bridgehead atoms. The molecule has 0 radical (unpaired) electrons. The van der Waals surface area contributed by atoms with Crippen LogP contribution in [0.15, 0.2) is 41.6 Å². The molecule has 0 fully saturated rings.